The van der Waals surface area contributed by atoms with Gasteiger partial charge in [0.2, 0.25) is 6.29 Å². The Balaban J connectivity index is 0.00000150. The second-order valence-electron chi connectivity index (χ2n) is 6.01. The van der Waals surface area contributed by atoms with E-state index in [2.05, 4.69) is 0 Å². The van der Waals surface area contributed by atoms with E-state index in [0.29, 0.717) is 5.75 Å². The summed E-state index contributed by atoms with van der Waals surface area (Å²) in [6.45, 7) is 0. The molecule has 3 aromatic carbocycles. The quantitative estimate of drug-likeness (QED) is 0.247. The van der Waals surface area contributed by atoms with E-state index in [4.69, 9.17) is 9.26 Å². The molecule has 29 heavy (non-hydrogen) atoms. The third-order valence-electron chi connectivity index (χ3n) is 4.23. The maximum Gasteiger partial charge on any atom is 1.00 e. The number of phosphoric acid groups is 1. The van der Waals surface area contributed by atoms with E-state index in [0.717, 1.165) is 20.9 Å². The maximum absolute atomic E-state index is 11.5. The molecule has 5 nitrogen and oxygen atoms in total. The molecule has 0 spiro atoms. The first kappa shape index (κ1) is 25.2. The number of rotatable bonds is 5. The molecule has 0 saturated carbocycles. The maximum atomic E-state index is 11.5. The van der Waals surface area contributed by atoms with Gasteiger partial charge in [0, 0.05) is 9.79 Å². The van der Waals surface area contributed by atoms with Gasteiger partial charge in [0.25, 0.3) is 0 Å². The smallest absolute Gasteiger partial charge is 0.790 e. The average Bonchev–Trinajstić information content (AvgIpc) is 2.65. The molecule has 0 amide bonds. The number of benzene rings is 3. The summed E-state index contributed by atoms with van der Waals surface area (Å²) in [6.07, 6.45) is -1.31. The van der Waals surface area contributed by atoms with Gasteiger partial charge >= 0.3 is 59.1 Å². The Morgan fingerprint density at radius 2 is 1.28 bits per heavy atom. The Morgan fingerprint density at radius 3 is 1.79 bits per heavy atom. The van der Waals surface area contributed by atoms with E-state index in [1.165, 1.54) is 0 Å². The average molecular weight is 444 g/mol. The van der Waals surface area contributed by atoms with Crippen molar-refractivity contribution in [2.24, 2.45) is 0 Å². The van der Waals surface area contributed by atoms with Gasteiger partial charge in [-0.2, -0.15) is 0 Å². The minimum absolute atomic E-state index is 0. The first-order valence-electron chi connectivity index (χ1n) is 8.29. The molecule has 3 aromatic rings. The van der Waals surface area contributed by atoms with Crippen LogP contribution in [0.15, 0.2) is 88.7 Å². The number of hydrogen-bond donors (Lipinski definition) is 0. The van der Waals surface area contributed by atoms with Gasteiger partial charge in [-0.25, -0.2) is 0 Å². The Morgan fingerprint density at radius 1 is 0.793 bits per heavy atom. The van der Waals surface area contributed by atoms with Crippen LogP contribution in [0.3, 0.4) is 0 Å². The van der Waals surface area contributed by atoms with Crippen LogP contribution in [0, 0.1) is 0 Å². The van der Waals surface area contributed by atoms with Gasteiger partial charge in [-0.05, 0) is 35.4 Å². The van der Waals surface area contributed by atoms with Crippen molar-refractivity contribution in [1.29, 1.82) is 0 Å². The summed E-state index contributed by atoms with van der Waals surface area (Å²) in [4.78, 5) is 24.9. The second-order valence-corrected chi connectivity index (χ2v) is 8.20. The normalized spacial score (nSPS) is 13.9. The third kappa shape index (κ3) is 6.22. The zero-order valence-electron chi connectivity index (χ0n) is 16.1. The largest absolute Gasteiger partial charge is 1.00 e. The molecule has 1 atom stereocenters. The molecule has 138 valence electrons. The number of hydrogen-bond acceptors (Lipinski definition) is 6. The fraction of sp³-hybridized carbons (Fsp3) is 0.100. The van der Waals surface area contributed by atoms with E-state index in [-0.39, 0.29) is 59.1 Å². The summed E-state index contributed by atoms with van der Waals surface area (Å²) in [7, 11) is -5.28. The Kier molecular flexibility index (Phi) is 9.54. The van der Waals surface area contributed by atoms with Crippen LogP contribution in [0.25, 0.3) is 0 Å². The number of para-hydroxylation sites is 1. The molecule has 9 heteroatoms. The Bertz CT molecular complexity index is 953. The van der Waals surface area contributed by atoms with Gasteiger partial charge < -0.3 is 23.6 Å². The molecular formula is C20H15Na2O5PS. The van der Waals surface area contributed by atoms with Crippen LogP contribution in [0.2, 0.25) is 0 Å². The molecule has 0 bridgehead atoms. The van der Waals surface area contributed by atoms with Crippen molar-refractivity contribution in [3.63, 3.8) is 0 Å². The molecule has 0 fully saturated rings. The van der Waals surface area contributed by atoms with Crippen LogP contribution < -0.4 is 73.6 Å². The van der Waals surface area contributed by atoms with Gasteiger partial charge in [-0.15, -0.1) is 0 Å². The summed E-state index contributed by atoms with van der Waals surface area (Å²) in [6, 6.07) is 24.0. The van der Waals surface area contributed by atoms with Crippen LogP contribution >= 0.6 is 19.6 Å². The van der Waals surface area contributed by atoms with E-state index in [1.54, 1.807) is 36.0 Å². The molecule has 4 rings (SSSR count). The fourth-order valence-corrected chi connectivity index (χ4v) is 4.73. The van der Waals surface area contributed by atoms with Gasteiger partial charge in [0.1, 0.15) is 5.75 Å². The molecule has 1 unspecified atom stereocenters. The molecule has 1 aliphatic rings. The molecule has 0 aromatic heterocycles. The zero-order chi connectivity index (χ0) is 18.9. The predicted octanol–water partition coefficient (Wildman–Crippen LogP) is -2.46. The first-order valence-corrected chi connectivity index (χ1v) is 10.6. The zero-order valence-corrected chi connectivity index (χ0v) is 21.8. The fourth-order valence-electron chi connectivity index (χ4n) is 3.15. The van der Waals surface area contributed by atoms with Crippen LogP contribution in [0.1, 0.15) is 17.0 Å². The van der Waals surface area contributed by atoms with Crippen molar-refractivity contribution in [2.75, 3.05) is 0 Å². The van der Waals surface area contributed by atoms with Crippen molar-refractivity contribution >= 4 is 19.6 Å². The number of ether oxygens (including phenoxy) is 1. The minimum Gasteiger partial charge on any atom is -0.790 e. The summed E-state index contributed by atoms with van der Waals surface area (Å²) < 4.78 is 22.2. The molecule has 0 radical (unpaired) electrons. The minimum atomic E-state index is -5.28. The van der Waals surface area contributed by atoms with Crippen molar-refractivity contribution < 1.29 is 82.7 Å². The first-order chi connectivity index (χ1) is 13.0. The van der Waals surface area contributed by atoms with Crippen LogP contribution in [-0.2, 0) is 9.09 Å². The Labute approximate surface area is 218 Å². The summed E-state index contributed by atoms with van der Waals surface area (Å²) in [5, 5.41) is 0. The van der Waals surface area contributed by atoms with Gasteiger partial charge in [0.15, 0.2) is 0 Å². The standard InChI is InChI=1S/C20H17O5PS.2Na/c21-26(22,23)25-20(24-14-8-2-1-3-9-14)19-15-10-4-6-12-17(15)27-18-13-7-5-11-16(18)19;;/h1-13,19-20H,(H2,21,22,23);;/q;2*+1/p-2. The number of fused-ring (bicyclic) bond motifs is 2. The Hall–Kier alpha value is -0.0800. The molecular weight excluding hydrogens is 429 g/mol. The summed E-state index contributed by atoms with van der Waals surface area (Å²) >= 11 is 1.59. The van der Waals surface area contributed by atoms with Crippen molar-refractivity contribution in [3.05, 3.63) is 90.0 Å². The van der Waals surface area contributed by atoms with Crippen molar-refractivity contribution in [1.82, 2.24) is 0 Å². The summed E-state index contributed by atoms with van der Waals surface area (Å²) in [5.74, 6) is -0.140. The predicted molar refractivity (Wildman–Crippen MR) is 98.4 cm³/mol. The number of phosphoric ester groups is 1. The molecule has 1 heterocycles. The SMILES string of the molecule is O=P([O-])([O-])OC(Oc1ccccc1)C1c2ccccc2Sc2ccccc21.[Na+].[Na+]. The van der Waals surface area contributed by atoms with Crippen molar-refractivity contribution in [3.8, 4) is 5.75 Å². The van der Waals surface area contributed by atoms with Crippen molar-refractivity contribution in [2.45, 2.75) is 22.0 Å². The van der Waals surface area contributed by atoms with Gasteiger partial charge in [0.05, 0.1) is 13.7 Å². The van der Waals surface area contributed by atoms with Crippen LogP contribution in [0.4, 0.5) is 0 Å². The van der Waals surface area contributed by atoms with E-state index < -0.39 is 20.0 Å². The topological polar surface area (TPSA) is 81.7 Å². The van der Waals surface area contributed by atoms with E-state index in [1.807, 2.05) is 54.6 Å². The monoisotopic (exact) mass is 444 g/mol. The van der Waals surface area contributed by atoms with E-state index >= 15 is 0 Å². The van der Waals surface area contributed by atoms with Crippen LogP contribution in [-0.4, -0.2) is 6.29 Å². The van der Waals surface area contributed by atoms with E-state index in [9.17, 15) is 14.4 Å². The van der Waals surface area contributed by atoms with Crippen LogP contribution in [0.5, 0.6) is 5.75 Å². The molecule has 0 saturated heterocycles. The summed E-state index contributed by atoms with van der Waals surface area (Å²) in [5.41, 5.74) is 1.71. The second kappa shape index (κ2) is 11.0. The third-order valence-corrected chi connectivity index (χ3v) is 5.88. The molecule has 1 aliphatic heterocycles. The van der Waals surface area contributed by atoms with Gasteiger partial charge in [-0.1, -0.05) is 66.4 Å². The molecule has 0 aliphatic carbocycles. The molecule has 0 N–H and O–H groups in total. The van der Waals surface area contributed by atoms with Gasteiger partial charge in [-0.3, -0.25) is 0 Å².